The highest BCUT2D eigenvalue weighted by molar-refractivity contribution is 6.35. The highest BCUT2D eigenvalue weighted by Gasteiger charge is 2.19. The lowest BCUT2D eigenvalue weighted by Gasteiger charge is -2.21. The largest absolute Gasteiger partial charge is 0.325 e. The van der Waals surface area contributed by atoms with Crippen LogP contribution in [-0.2, 0) is 4.79 Å². The smallest absolute Gasteiger partial charge is 0.241 e. The van der Waals surface area contributed by atoms with Crippen LogP contribution in [0.25, 0.3) is 0 Å². The minimum absolute atomic E-state index is 0.0270. The lowest BCUT2D eigenvalue weighted by Crippen LogP contribution is -2.39. The summed E-state index contributed by atoms with van der Waals surface area (Å²) in [5.74, 6) is -0.727. The fourth-order valence-electron chi connectivity index (χ4n) is 2.18. The van der Waals surface area contributed by atoms with Crippen LogP contribution in [0.3, 0.4) is 0 Å². The van der Waals surface area contributed by atoms with Crippen LogP contribution in [0.4, 0.5) is 10.1 Å². The van der Waals surface area contributed by atoms with Crippen molar-refractivity contribution in [1.29, 1.82) is 0 Å². The molecule has 0 aliphatic rings. The Morgan fingerprint density at radius 2 is 1.74 bits per heavy atom. The van der Waals surface area contributed by atoms with Gasteiger partial charge in [-0.3, -0.25) is 10.1 Å². The molecule has 2 aromatic carbocycles. The minimum Gasteiger partial charge on any atom is -0.325 e. The highest BCUT2D eigenvalue weighted by atomic mass is 35.5. The first kappa shape index (κ1) is 17.7. The van der Waals surface area contributed by atoms with Crippen molar-refractivity contribution in [3.8, 4) is 0 Å². The number of anilines is 1. The van der Waals surface area contributed by atoms with Crippen molar-refractivity contribution in [1.82, 2.24) is 5.32 Å². The molecule has 0 unspecified atom stereocenters. The van der Waals surface area contributed by atoms with E-state index in [1.807, 2.05) is 18.2 Å². The summed E-state index contributed by atoms with van der Waals surface area (Å²) in [6.07, 6.45) is 0. The van der Waals surface area contributed by atoms with E-state index in [1.165, 1.54) is 12.1 Å². The number of halogens is 3. The van der Waals surface area contributed by atoms with E-state index in [4.69, 9.17) is 23.2 Å². The quantitative estimate of drug-likeness (QED) is 0.756. The number of hydrogen-bond donors (Lipinski definition) is 2. The van der Waals surface area contributed by atoms with Gasteiger partial charge in [0.15, 0.2) is 0 Å². The molecule has 1 amide bonds. The number of benzene rings is 2. The van der Waals surface area contributed by atoms with Gasteiger partial charge in [0.2, 0.25) is 5.91 Å². The second kappa shape index (κ2) is 7.77. The summed E-state index contributed by atoms with van der Waals surface area (Å²) in [7, 11) is 0. The Balaban J connectivity index is 2.03. The van der Waals surface area contributed by atoms with Crippen LogP contribution in [-0.4, -0.2) is 11.9 Å². The summed E-state index contributed by atoms with van der Waals surface area (Å²) in [4.78, 5) is 12.2. The zero-order valence-electron chi connectivity index (χ0n) is 12.7. The van der Waals surface area contributed by atoms with Crippen LogP contribution in [0, 0.1) is 5.82 Å². The molecule has 0 aliphatic heterocycles. The Labute approximate surface area is 144 Å². The van der Waals surface area contributed by atoms with Gasteiger partial charge in [-0.05, 0) is 43.7 Å². The third-order valence-electron chi connectivity index (χ3n) is 3.44. The topological polar surface area (TPSA) is 41.1 Å². The first-order chi connectivity index (χ1) is 10.9. The van der Waals surface area contributed by atoms with Gasteiger partial charge in [-0.15, -0.1) is 0 Å². The molecule has 2 rings (SSSR count). The summed E-state index contributed by atoms with van der Waals surface area (Å²) in [5, 5.41) is 6.23. The second-order valence-electron chi connectivity index (χ2n) is 5.25. The van der Waals surface area contributed by atoms with E-state index < -0.39 is 11.9 Å². The molecule has 0 saturated heterocycles. The number of hydrogen-bond acceptors (Lipinski definition) is 2. The van der Waals surface area contributed by atoms with Gasteiger partial charge in [0.1, 0.15) is 5.82 Å². The number of nitrogens with one attached hydrogen (secondary N) is 2. The lowest BCUT2D eigenvalue weighted by molar-refractivity contribution is -0.117. The van der Waals surface area contributed by atoms with Gasteiger partial charge in [-0.2, -0.15) is 0 Å². The van der Waals surface area contributed by atoms with E-state index in [0.29, 0.717) is 10.6 Å². The van der Waals surface area contributed by atoms with Crippen molar-refractivity contribution in [3.05, 3.63) is 63.9 Å². The summed E-state index contributed by atoms with van der Waals surface area (Å²) < 4.78 is 13.6. The Hall–Kier alpha value is -1.62. The van der Waals surface area contributed by atoms with Gasteiger partial charge in [0.05, 0.1) is 11.1 Å². The summed E-state index contributed by atoms with van der Waals surface area (Å²) >= 11 is 11.8. The number of rotatable bonds is 5. The van der Waals surface area contributed by atoms with Gasteiger partial charge < -0.3 is 5.32 Å². The van der Waals surface area contributed by atoms with Crippen molar-refractivity contribution in [2.75, 3.05) is 5.32 Å². The van der Waals surface area contributed by atoms with E-state index in [9.17, 15) is 9.18 Å². The third kappa shape index (κ3) is 4.67. The van der Waals surface area contributed by atoms with Crippen LogP contribution in [0.5, 0.6) is 0 Å². The molecule has 122 valence electrons. The van der Waals surface area contributed by atoms with E-state index in [1.54, 1.807) is 26.0 Å². The lowest BCUT2D eigenvalue weighted by atomic mass is 10.1. The Bertz CT molecular complexity index is 694. The zero-order valence-corrected chi connectivity index (χ0v) is 14.3. The standard InChI is InChI=1S/C17H17Cl2FN2O/c1-10(13-8-16(20)15(19)9-14(13)18)21-11(2)17(23)22-12-6-4-3-5-7-12/h3-11,21H,1-2H3,(H,22,23)/t10-,11-/m1/s1. The van der Waals surface area contributed by atoms with Gasteiger partial charge in [0.25, 0.3) is 0 Å². The molecule has 23 heavy (non-hydrogen) atoms. The molecule has 0 fully saturated rings. The number of carbonyl (C=O) groups is 1. The van der Waals surface area contributed by atoms with Crippen molar-refractivity contribution in [2.45, 2.75) is 25.9 Å². The molecule has 0 aliphatic carbocycles. The van der Waals surface area contributed by atoms with Crippen LogP contribution in [0.15, 0.2) is 42.5 Å². The van der Waals surface area contributed by atoms with Crippen molar-refractivity contribution >= 4 is 34.8 Å². The summed E-state index contributed by atoms with van der Waals surface area (Å²) in [5.41, 5.74) is 1.27. The molecular weight excluding hydrogens is 338 g/mol. The zero-order chi connectivity index (χ0) is 17.0. The number of para-hydroxylation sites is 1. The molecule has 2 N–H and O–H groups in total. The Morgan fingerprint density at radius 3 is 2.39 bits per heavy atom. The van der Waals surface area contributed by atoms with Crippen LogP contribution < -0.4 is 10.6 Å². The fraction of sp³-hybridized carbons (Fsp3) is 0.235. The van der Waals surface area contributed by atoms with Crippen molar-refractivity contribution in [2.24, 2.45) is 0 Å². The average molecular weight is 355 g/mol. The van der Waals surface area contributed by atoms with E-state index in [0.717, 1.165) is 5.69 Å². The predicted octanol–water partition coefficient (Wildman–Crippen LogP) is 4.81. The molecule has 0 spiro atoms. The average Bonchev–Trinajstić information content (AvgIpc) is 2.51. The molecule has 0 radical (unpaired) electrons. The predicted molar refractivity (Wildman–Crippen MR) is 92.5 cm³/mol. The van der Waals surface area contributed by atoms with Gasteiger partial charge in [0, 0.05) is 16.8 Å². The summed E-state index contributed by atoms with van der Waals surface area (Å²) in [6.45, 7) is 3.54. The molecule has 0 saturated carbocycles. The van der Waals surface area contributed by atoms with Crippen LogP contribution in [0.2, 0.25) is 10.0 Å². The minimum atomic E-state index is -0.541. The Morgan fingerprint density at radius 1 is 1.09 bits per heavy atom. The molecule has 0 heterocycles. The fourth-order valence-corrected chi connectivity index (χ4v) is 2.73. The third-order valence-corrected chi connectivity index (χ3v) is 4.06. The second-order valence-corrected chi connectivity index (χ2v) is 6.07. The molecular formula is C17H17Cl2FN2O. The maximum absolute atomic E-state index is 13.6. The maximum Gasteiger partial charge on any atom is 0.241 e. The summed E-state index contributed by atoms with van der Waals surface area (Å²) in [6, 6.07) is 11.0. The van der Waals surface area contributed by atoms with Crippen LogP contribution >= 0.6 is 23.2 Å². The van der Waals surface area contributed by atoms with E-state index in [-0.39, 0.29) is 17.0 Å². The molecule has 2 aromatic rings. The normalized spacial score (nSPS) is 13.4. The van der Waals surface area contributed by atoms with Gasteiger partial charge in [-0.25, -0.2) is 4.39 Å². The van der Waals surface area contributed by atoms with Gasteiger partial charge in [-0.1, -0.05) is 41.4 Å². The first-order valence-corrected chi connectivity index (χ1v) is 7.90. The van der Waals surface area contributed by atoms with Crippen molar-refractivity contribution in [3.63, 3.8) is 0 Å². The molecule has 3 nitrogen and oxygen atoms in total. The monoisotopic (exact) mass is 354 g/mol. The van der Waals surface area contributed by atoms with E-state index >= 15 is 0 Å². The number of carbonyl (C=O) groups excluding carboxylic acids is 1. The highest BCUT2D eigenvalue weighted by Crippen LogP contribution is 2.28. The molecule has 2 atom stereocenters. The van der Waals surface area contributed by atoms with Crippen LogP contribution in [0.1, 0.15) is 25.5 Å². The Kier molecular flexibility index (Phi) is 5.99. The molecule has 6 heteroatoms. The first-order valence-electron chi connectivity index (χ1n) is 7.15. The number of amides is 1. The van der Waals surface area contributed by atoms with Gasteiger partial charge >= 0.3 is 0 Å². The molecule has 0 aromatic heterocycles. The van der Waals surface area contributed by atoms with E-state index in [2.05, 4.69) is 10.6 Å². The maximum atomic E-state index is 13.6. The molecule has 0 bridgehead atoms. The SMILES string of the molecule is C[C@@H](N[C@H](C)c1cc(F)c(Cl)cc1Cl)C(=O)Nc1ccccc1. The van der Waals surface area contributed by atoms with Crippen molar-refractivity contribution < 1.29 is 9.18 Å².